The Labute approximate surface area is 103 Å². The van der Waals surface area contributed by atoms with Gasteiger partial charge in [-0.1, -0.05) is 57.2 Å². The standard InChI is InChI=1S/C16H17N/c1-16(2,3)13-10-8-12(9-11-13)14-6-5-7-15(14)17-4/h6-11H,5H2,1-3H3. The second kappa shape index (κ2) is 4.22. The molecule has 1 aromatic carbocycles. The minimum absolute atomic E-state index is 0.182. The summed E-state index contributed by atoms with van der Waals surface area (Å²) in [7, 11) is 0. The van der Waals surface area contributed by atoms with Crippen LogP contribution in [0, 0.1) is 6.57 Å². The van der Waals surface area contributed by atoms with E-state index >= 15 is 0 Å². The second-order valence-electron chi connectivity index (χ2n) is 5.38. The van der Waals surface area contributed by atoms with E-state index in [1.165, 1.54) is 5.56 Å². The minimum Gasteiger partial charge on any atom is -0.238 e. The van der Waals surface area contributed by atoms with Crippen LogP contribution in [-0.4, -0.2) is 0 Å². The van der Waals surface area contributed by atoms with Gasteiger partial charge < -0.3 is 0 Å². The number of allylic oxidation sites excluding steroid dienone is 3. The van der Waals surface area contributed by atoms with Crippen LogP contribution in [0.4, 0.5) is 0 Å². The molecule has 86 valence electrons. The number of nitrogens with zero attached hydrogens (tertiary/aromatic N) is 1. The molecular weight excluding hydrogens is 206 g/mol. The van der Waals surface area contributed by atoms with E-state index < -0.39 is 0 Å². The molecule has 0 aromatic heterocycles. The van der Waals surface area contributed by atoms with Crippen molar-refractivity contribution in [2.75, 3.05) is 0 Å². The highest BCUT2D eigenvalue weighted by atomic mass is 14.7. The van der Waals surface area contributed by atoms with Crippen molar-refractivity contribution >= 4 is 5.57 Å². The fraction of sp³-hybridized carbons (Fsp3) is 0.312. The van der Waals surface area contributed by atoms with Crippen LogP contribution in [0.5, 0.6) is 0 Å². The van der Waals surface area contributed by atoms with Gasteiger partial charge in [0.25, 0.3) is 0 Å². The molecule has 0 atom stereocenters. The van der Waals surface area contributed by atoms with Crippen molar-refractivity contribution in [1.29, 1.82) is 0 Å². The van der Waals surface area contributed by atoms with Crippen molar-refractivity contribution < 1.29 is 0 Å². The second-order valence-corrected chi connectivity index (χ2v) is 5.38. The lowest BCUT2D eigenvalue weighted by Crippen LogP contribution is -2.10. The Morgan fingerprint density at radius 1 is 1.06 bits per heavy atom. The third kappa shape index (κ3) is 2.31. The number of hydrogen-bond acceptors (Lipinski definition) is 0. The molecule has 0 radical (unpaired) electrons. The highest BCUT2D eigenvalue weighted by Gasteiger charge is 2.15. The van der Waals surface area contributed by atoms with Gasteiger partial charge in [0.05, 0.1) is 6.57 Å². The molecule has 0 unspecified atom stereocenters. The van der Waals surface area contributed by atoms with Gasteiger partial charge in [-0.05, 0) is 28.5 Å². The number of rotatable bonds is 1. The summed E-state index contributed by atoms with van der Waals surface area (Å²) in [5.41, 5.74) is 4.53. The van der Waals surface area contributed by atoms with E-state index in [1.807, 2.05) is 6.08 Å². The summed E-state index contributed by atoms with van der Waals surface area (Å²) in [5.74, 6) is 0. The van der Waals surface area contributed by atoms with E-state index in [-0.39, 0.29) is 5.41 Å². The van der Waals surface area contributed by atoms with Crippen LogP contribution in [-0.2, 0) is 5.41 Å². The largest absolute Gasteiger partial charge is 0.238 e. The number of benzene rings is 1. The smallest absolute Gasteiger partial charge is 0.191 e. The highest BCUT2D eigenvalue weighted by molar-refractivity contribution is 5.83. The Bertz CT molecular complexity index is 516. The minimum atomic E-state index is 0.182. The summed E-state index contributed by atoms with van der Waals surface area (Å²) in [5, 5.41) is 0. The molecule has 1 heteroatoms. The first-order valence-corrected chi connectivity index (χ1v) is 5.91. The van der Waals surface area contributed by atoms with Crippen LogP contribution in [0.1, 0.15) is 38.3 Å². The number of hydrogen-bond donors (Lipinski definition) is 0. The van der Waals surface area contributed by atoms with Crippen molar-refractivity contribution in [2.45, 2.75) is 32.6 Å². The van der Waals surface area contributed by atoms with Gasteiger partial charge in [0.1, 0.15) is 0 Å². The molecule has 1 aliphatic rings. The van der Waals surface area contributed by atoms with Crippen molar-refractivity contribution in [3.63, 3.8) is 0 Å². The van der Waals surface area contributed by atoms with Gasteiger partial charge in [-0.25, -0.2) is 4.85 Å². The van der Waals surface area contributed by atoms with E-state index in [1.54, 1.807) is 0 Å². The van der Waals surface area contributed by atoms with E-state index in [0.717, 1.165) is 23.3 Å². The topological polar surface area (TPSA) is 4.36 Å². The maximum atomic E-state index is 7.14. The summed E-state index contributed by atoms with van der Waals surface area (Å²) < 4.78 is 0. The normalized spacial score (nSPS) is 15.2. The van der Waals surface area contributed by atoms with Crippen molar-refractivity contribution in [3.8, 4) is 0 Å². The molecule has 0 saturated heterocycles. The average Bonchev–Trinajstić information content (AvgIpc) is 2.76. The zero-order valence-corrected chi connectivity index (χ0v) is 10.6. The Morgan fingerprint density at radius 2 is 1.71 bits per heavy atom. The van der Waals surface area contributed by atoms with Gasteiger partial charge in [-0.2, -0.15) is 0 Å². The fourth-order valence-electron chi connectivity index (χ4n) is 2.02. The van der Waals surface area contributed by atoms with E-state index in [4.69, 9.17) is 6.57 Å². The van der Waals surface area contributed by atoms with Crippen molar-refractivity contribution in [2.24, 2.45) is 0 Å². The predicted octanol–water partition coefficient (Wildman–Crippen LogP) is 4.57. The Hall–Kier alpha value is -1.81. The molecule has 2 rings (SSSR count). The molecule has 0 N–H and O–H groups in total. The maximum Gasteiger partial charge on any atom is 0.191 e. The first-order valence-electron chi connectivity index (χ1n) is 5.91. The Balaban J connectivity index is 2.32. The summed E-state index contributed by atoms with van der Waals surface area (Å²) in [6.45, 7) is 13.8. The van der Waals surface area contributed by atoms with Crippen LogP contribution >= 0.6 is 0 Å². The zero-order valence-electron chi connectivity index (χ0n) is 10.6. The van der Waals surface area contributed by atoms with Gasteiger partial charge >= 0.3 is 0 Å². The molecule has 1 aromatic rings. The molecule has 0 amide bonds. The average molecular weight is 223 g/mol. The lowest BCUT2D eigenvalue weighted by atomic mass is 9.86. The SMILES string of the molecule is [C-]#[N+]C1=CCC=C1c1ccc(C(C)(C)C)cc1. The molecular formula is C16H17N. The van der Waals surface area contributed by atoms with Gasteiger partial charge in [0, 0.05) is 0 Å². The third-order valence-electron chi connectivity index (χ3n) is 3.09. The highest BCUT2D eigenvalue weighted by Crippen LogP contribution is 2.31. The van der Waals surface area contributed by atoms with Crippen LogP contribution in [0.3, 0.4) is 0 Å². The van der Waals surface area contributed by atoms with Crippen LogP contribution < -0.4 is 0 Å². The first-order chi connectivity index (χ1) is 8.02. The molecule has 1 nitrogen and oxygen atoms in total. The molecule has 1 aliphatic carbocycles. The zero-order chi connectivity index (χ0) is 12.5. The Kier molecular flexibility index (Phi) is 2.90. The van der Waals surface area contributed by atoms with E-state index in [9.17, 15) is 0 Å². The quantitative estimate of drug-likeness (QED) is 0.614. The van der Waals surface area contributed by atoms with Crippen LogP contribution in [0.2, 0.25) is 0 Å². The molecule has 17 heavy (non-hydrogen) atoms. The molecule has 0 saturated carbocycles. The van der Waals surface area contributed by atoms with Crippen LogP contribution in [0.15, 0.2) is 42.1 Å². The fourth-order valence-corrected chi connectivity index (χ4v) is 2.02. The van der Waals surface area contributed by atoms with Crippen molar-refractivity contribution in [1.82, 2.24) is 0 Å². The molecule has 0 spiro atoms. The molecule has 0 aliphatic heterocycles. The molecule has 0 bridgehead atoms. The predicted molar refractivity (Wildman–Crippen MR) is 72.4 cm³/mol. The van der Waals surface area contributed by atoms with Gasteiger partial charge in [0.15, 0.2) is 5.70 Å². The van der Waals surface area contributed by atoms with Crippen molar-refractivity contribution in [3.05, 3.63) is 64.7 Å². The lowest BCUT2D eigenvalue weighted by molar-refractivity contribution is 0.590. The van der Waals surface area contributed by atoms with Gasteiger partial charge in [-0.3, -0.25) is 0 Å². The summed E-state index contributed by atoms with van der Waals surface area (Å²) >= 11 is 0. The van der Waals surface area contributed by atoms with E-state index in [0.29, 0.717) is 0 Å². The van der Waals surface area contributed by atoms with Crippen LogP contribution in [0.25, 0.3) is 10.4 Å². The van der Waals surface area contributed by atoms with Gasteiger partial charge in [0.2, 0.25) is 0 Å². The maximum absolute atomic E-state index is 7.14. The lowest BCUT2D eigenvalue weighted by Gasteiger charge is -2.19. The molecule has 0 fully saturated rings. The first kappa shape index (κ1) is 11.7. The third-order valence-corrected chi connectivity index (χ3v) is 3.09. The van der Waals surface area contributed by atoms with E-state index in [2.05, 4.69) is 56.0 Å². The monoisotopic (exact) mass is 223 g/mol. The van der Waals surface area contributed by atoms with Gasteiger partial charge in [-0.15, -0.1) is 0 Å². The summed E-state index contributed by atoms with van der Waals surface area (Å²) in [6.07, 6.45) is 4.99. The summed E-state index contributed by atoms with van der Waals surface area (Å²) in [4.78, 5) is 3.56. The molecule has 0 heterocycles. The Morgan fingerprint density at radius 3 is 2.24 bits per heavy atom. The summed E-state index contributed by atoms with van der Waals surface area (Å²) in [6, 6.07) is 8.57.